The third-order valence-electron chi connectivity index (χ3n) is 4.28. The lowest BCUT2D eigenvalue weighted by Gasteiger charge is -1.98. The van der Waals surface area contributed by atoms with E-state index in [2.05, 4.69) is 5.10 Å². The maximum absolute atomic E-state index is 13.1. The number of rotatable bonds is 5. The Kier molecular flexibility index (Phi) is 4.72. The molecule has 4 nitrogen and oxygen atoms in total. The Morgan fingerprint density at radius 2 is 1.79 bits per heavy atom. The fourth-order valence-electron chi connectivity index (χ4n) is 2.85. The standard InChI is InChI=1S/C23H17FN2O2/c1-16-7-14-22(28-16)23-18(15-26(25-23)20-5-3-2-4-6-20)10-13-21(27)17-8-11-19(24)12-9-17/h2-15H,1H3/b13-10-. The molecule has 0 fully saturated rings. The molecule has 0 aliphatic carbocycles. The van der Waals surface area contributed by atoms with Crippen molar-refractivity contribution in [1.29, 1.82) is 0 Å². The second-order valence-corrected chi connectivity index (χ2v) is 6.33. The fraction of sp³-hybridized carbons (Fsp3) is 0.0435. The summed E-state index contributed by atoms with van der Waals surface area (Å²) < 4.78 is 20.5. The van der Waals surface area contributed by atoms with Crippen LogP contribution in [0.4, 0.5) is 4.39 Å². The molecule has 0 amide bonds. The highest BCUT2D eigenvalue weighted by Crippen LogP contribution is 2.26. The number of benzene rings is 2. The zero-order valence-electron chi connectivity index (χ0n) is 15.2. The monoisotopic (exact) mass is 372 g/mol. The number of aromatic nitrogens is 2. The van der Waals surface area contributed by atoms with Crippen molar-refractivity contribution >= 4 is 11.9 Å². The number of carbonyl (C=O) groups is 1. The molecule has 0 atom stereocenters. The van der Waals surface area contributed by atoms with Crippen LogP contribution in [-0.4, -0.2) is 15.6 Å². The van der Waals surface area contributed by atoms with Crippen molar-refractivity contribution in [3.63, 3.8) is 0 Å². The molecule has 0 bridgehead atoms. The molecule has 5 heteroatoms. The van der Waals surface area contributed by atoms with Crippen molar-refractivity contribution in [3.05, 3.63) is 102 Å². The number of halogens is 1. The Hall–Kier alpha value is -3.73. The summed E-state index contributed by atoms with van der Waals surface area (Å²) in [6, 6.07) is 18.9. The number of hydrogen-bond donors (Lipinski definition) is 0. The van der Waals surface area contributed by atoms with Gasteiger partial charge >= 0.3 is 0 Å². The lowest BCUT2D eigenvalue weighted by Crippen LogP contribution is -1.93. The first-order chi connectivity index (χ1) is 13.6. The molecular formula is C23H17FN2O2. The molecule has 0 saturated carbocycles. The van der Waals surface area contributed by atoms with Crippen LogP contribution >= 0.6 is 0 Å². The molecule has 0 radical (unpaired) electrons. The van der Waals surface area contributed by atoms with Crippen molar-refractivity contribution in [1.82, 2.24) is 9.78 Å². The van der Waals surface area contributed by atoms with Gasteiger partial charge in [-0.05, 0) is 67.6 Å². The van der Waals surface area contributed by atoms with E-state index in [0.717, 1.165) is 17.0 Å². The SMILES string of the molecule is Cc1ccc(-c2nn(-c3ccccc3)cc2/C=C\C(=O)c2ccc(F)cc2)o1. The highest BCUT2D eigenvalue weighted by Gasteiger charge is 2.14. The first-order valence-corrected chi connectivity index (χ1v) is 8.80. The van der Waals surface area contributed by atoms with E-state index in [1.165, 1.54) is 30.3 Å². The van der Waals surface area contributed by atoms with Gasteiger partial charge in [-0.3, -0.25) is 4.79 Å². The Balaban J connectivity index is 1.71. The lowest BCUT2D eigenvalue weighted by atomic mass is 10.1. The summed E-state index contributed by atoms with van der Waals surface area (Å²) in [4.78, 5) is 12.4. The van der Waals surface area contributed by atoms with Gasteiger partial charge in [0.15, 0.2) is 11.5 Å². The van der Waals surface area contributed by atoms with Gasteiger partial charge in [0.05, 0.1) is 5.69 Å². The van der Waals surface area contributed by atoms with E-state index >= 15 is 0 Å². The molecule has 2 heterocycles. The van der Waals surface area contributed by atoms with Gasteiger partial charge in [-0.15, -0.1) is 0 Å². The van der Waals surface area contributed by atoms with Gasteiger partial charge in [-0.2, -0.15) is 5.10 Å². The lowest BCUT2D eigenvalue weighted by molar-refractivity contribution is 0.104. The topological polar surface area (TPSA) is 48.0 Å². The largest absolute Gasteiger partial charge is 0.460 e. The minimum atomic E-state index is -0.375. The summed E-state index contributed by atoms with van der Waals surface area (Å²) in [5.74, 6) is 0.817. The van der Waals surface area contributed by atoms with Gasteiger partial charge in [-0.25, -0.2) is 9.07 Å². The van der Waals surface area contributed by atoms with Crippen molar-refractivity contribution in [2.75, 3.05) is 0 Å². The van der Waals surface area contributed by atoms with E-state index < -0.39 is 0 Å². The van der Waals surface area contributed by atoms with Crippen LogP contribution in [0, 0.1) is 12.7 Å². The second kappa shape index (κ2) is 7.48. The molecule has 138 valence electrons. The summed E-state index contributed by atoms with van der Waals surface area (Å²) >= 11 is 0. The van der Waals surface area contributed by atoms with Crippen LogP contribution in [0.3, 0.4) is 0 Å². The van der Waals surface area contributed by atoms with Crippen molar-refractivity contribution < 1.29 is 13.6 Å². The number of aryl methyl sites for hydroxylation is 1. The Morgan fingerprint density at radius 1 is 1.04 bits per heavy atom. The first kappa shape index (κ1) is 17.7. The van der Waals surface area contributed by atoms with E-state index in [9.17, 15) is 9.18 Å². The maximum atomic E-state index is 13.1. The maximum Gasteiger partial charge on any atom is 0.185 e. The second-order valence-electron chi connectivity index (χ2n) is 6.33. The number of carbonyl (C=O) groups excluding carboxylic acids is 1. The third-order valence-corrected chi connectivity index (χ3v) is 4.28. The fourth-order valence-corrected chi connectivity index (χ4v) is 2.85. The van der Waals surface area contributed by atoms with E-state index in [0.29, 0.717) is 17.0 Å². The Labute approximate surface area is 161 Å². The van der Waals surface area contributed by atoms with Crippen LogP contribution in [0.1, 0.15) is 21.7 Å². The quantitative estimate of drug-likeness (QED) is 0.344. The highest BCUT2D eigenvalue weighted by molar-refractivity contribution is 6.07. The molecule has 0 aliphatic rings. The molecule has 4 rings (SSSR count). The average molecular weight is 372 g/mol. The van der Waals surface area contributed by atoms with Crippen LogP contribution in [0.5, 0.6) is 0 Å². The van der Waals surface area contributed by atoms with Gasteiger partial charge in [0.25, 0.3) is 0 Å². The predicted octanol–water partition coefficient (Wildman–Crippen LogP) is 5.48. The van der Waals surface area contributed by atoms with Gasteiger partial charge in [0.2, 0.25) is 0 Å². The molecule has 4 aromatic rings. The molecule has 28 heavy (non-hydrogen) atoms. The van der Waals surface area contributed by atoms with Crippen molar-refractivity contribution in [3.8, 4) is 17.1 Å². The van der Waals surface area contributed by atoms with E-state index in [1.54, 1.807) is 10.8 Å². The van der Waals surface area contributed by atoms with Gasteiger partial charge in [0, 0.05) is 17.3 Å². The summed E-state index contributed by atoms with van der Waals surface area (Å²) in [6.45, 7) is 1.87. The van der Waals surface area contributed by atoms with Gasteiger partial charge in [-0.1, -0.05) is 18.2 Å². The van der Waals surface area contributed by atoms with E-state index in [1.807, 2.05) is 55.6 Å². The average Bonchev–Trinajstić information content (AvgIpc) is 3.33. The molecule has 2 aromatic heterocycles. The van der Waals surface area contributed by atoms with Crippen LogP contribution in [0.15, 0.2) is 83.4 Å². The smallest absolute Gasteiger partial charge is 0.185 e. The number of furan rings is 1. The molecule has 0 saturated heterocycles. The van der Waals surface area contributed by atoms with Crippen molar-refractivity contribution in [2.24, 2.45) is 0 Å². The van der Waals surface area contributed by atoms with Gasteiger partial charge in [0.1, 0.15) is 17.3 Å². The molecule has 2 aromatic carbocycles. The van der Waals surface area contributed by atoms with Gasteiger partial charge < -0.3 is 4.42 Å². The highest BCUT2D eigenvalue weighted by atomic mass is 19.1. The normalized spacial score (nSPS) is 11.2. The molecular weight excluding hydrogens is 355 g/mol. The summed E-state index contributed by atoms with van der Waals surface area (Å²) in [5.41, 5.74) is 2.70. The zero-order valence-corrected chi connectivity index (χ0v) is 15.2. The number of allylic oxidation sites excluding steroid dienone is 1. The number of nitrogens with zero attached hydrogens (tertiary/aromatic N) is 2. The van der Waals surface area contributed by atoms with Crippen LogP contribution < -0.4 is 0 Å². The number of hydrogen-bond acceptors (Lipinski definition) is 3. The number of para-hydroxylation sites is 1. The predicted molar refractivity (Wildman–Crippen MR) is 106 cm³/mol. The Bertz CT molecular complexity index is 1140. The molecule has 0 aliphatic heterocycles. The van der Waals surface area contributed by atoms with E-state index in [-0.39, 0.29) is 11.6 Å². The summed E-state index contributed by atoms with van der Waals surface area (Å²) in [7, 11) is 0. The van der Waals surface area contributed by atoms with Crippen LogP contribution in [0.2, 0.25) is 0 Å². The van der Waals surface area contributed by atoms with Crippen LogP contribution in [0.25, 0.3) is 23.2 Å². The molecule has 0 spiro atoms. The summed E-state index contributed by atoms with van der Waals surface area (Å²) in [6.07, 6.45) is 5.00. The van der Waals surface area contributed by atoms with Crippen LogP contribution in [-0.2, 0) is 0 Å². The van der Waals surface area contributed by atoms with E-state index in [4.69, 9.17) is 4.42 Å². The third kappa shape index (κ3) is 3.69. The Morgan fingerprint density at radius 3 is 2.46 bits per heavy atom. The molecule has 0 N–H and O–H groups in total. The molecule has 0 unspecified atom stereocenters. The first-order valence-electron chi connectivity index (χ1n) is 8.80. The number of ketones is 1. The summed E-state index contributed by atoms with van der Waals surface area (Å²) in [5, 5.41) is 4.64. The minimum absolute atomic E-state index is 0.214. The zero-order chi connectivity index (χ0) is 19.5. The minimum Gasteiger partial charge on any atom is -0.460 e. The van der Waals surface area contributed by atoms with Crippen molar-refractivity contribution in [2.45, 2.75) is 6.92 Å².